The summed E-state index contributed by atoms with van der Waals surface area (Å²) in [6.07, 6.45) is 3.16. The van der Waals surface area contributed by atoms with Crippen LogP contribution in [-0.2, 0) is 9.59 Å². The summed E-state index contributed by atoms with van der Waals surface area (Å²) in [5.41, 5.74) is 1.58. The molecule has 0 bridgehead atoms. The van der Waals surface area contributed by atoms with E-state index in [1.165, 1.54) is 13.0 Å². The first kappa shape index (κ1) is 19.1. The summed E-state index contributed by atoms with van der Waals surface area (Å²) in [6, 6.07) is 14.5. The fraction of sp³-hybridized carbons (Fsp3) is 0.200. The van der Waals surface area contributed by atoms with E-state index in [-0.39, 0.29) is 11.8 Å². The van der Waals surface area contributed by atoms with Crippen molar-refractivity contribution in [2.75, 3.05) is 25.6 Å². The van der Waals surface area contributed by atoms with E-state index >= 15 is 0 Å². The van der Waals surface area contributed by atoms with E-state index in [4.69, 9.17) is 9.47 Å². The van der Waals surface area contributed by atoms with Gasteiger partial charge in [-0.2, -0.15) is 0 Å². The van der Waals surface area contributed by atoms with Gasteiger partial charge in [-0.1, -0.05) is 24.3 Å². The van der Waals surface area contributed by atoms with Crippen LogP contribution in [0.3, 0.4) is 0 Å². The van der Waals surface area contributed by atoms with Gasteiger partial charge in [-0.25, -0.2) is 0 Å². The number of anilines is 1. The molecule has 26 heavy (non-hydrogen) atoms. The zero-order valence-electron chi connectivity index (χ0n) is 14.8. The minimum atomic E-state index is -0.209. The first-order valence-corrected chi connectivity index (χ1v) is 8.18. The van der Waals surface area contributed by atoms with Gasteiger partial charge in [0, 0.05) is 18.7 Å². The number of ether oxygens (including phenoxy) is 2. The van der Waals surface area contributed by atoms with Crippen molar-refractivity contribution in [3.8, 4) is 11.5 Å². The molecule has 0 heterocycles. The summed E-state index contributed by atoms with van der Waals surface area (Å²) >= 11 is 0. The largest absolute Gasteiger partial charge is 0.493 e. The SMILES string of the molecule is COc1ccccc1OCCNC(=O)/C=C/c1ccc(NC(C)=O)cc1. The lowest BCUT2D eigenvalue weighted by atomic mass is 10.2. The average Bonchev–Trinajstić information content (AvgIpc) is 2.64. The third-order valence-corrected chi connectivity index (χ3v) is 3.39. The van der Waals surface area contributed by atoms with Crippen LogP contribution in [0.5, 0.6) is 11.5 Å². The van der Waals surface area contributed by atoms with Gasteiger partial charge in [-0.05, 0) is 35.9 Å². The normalized spacial score (nSPS) is 10.4. The van der Waals surface area contributed by atoms with Crippen LogP contribution in [0.25, 0.3) is 6.08 Å². The molecule has 2 aromatic rings. The van der Waals surface area contributed by atoms with Gasteiger partial charge in [-0.15, -0.1) is 0 Å². The number of rotatable bonds is 8. The van der Waals surface area contributed by atoms with Gasteiger partial charge in [0.05, 0.1) is 13.7 Å². The highest BCUT2D eigenvalue weighted by molar-refractivity contribution is 5.92. The number of methoxy groups -OCH3 is 1. The van der Waals surface area contributed by atoms with Crippen LogP contribution < -0.4 is 20.1 Å². The molecular formula is C20H22N2O4. The highest BCUT2D eigenvalue weighted by atomic mass is 16.5. The Morgan fingerprint density at radius 2 is 1.73 bits per heavy atom. The molecule has 2 aromatic carbocycles. The maximum Gasteiger partial charge on any atom is 0.244 e. The van der Waals surface area contributed by atoms with Gasteiger partial charge in [0.1, 0.15) is 6.61 Å². The lowest BCUT2D eigenvalue weighted by Crippen LogP contribution is -2.26. The lowest BCUT2D eigenvalue weighted by Gasteiger charge is -2.10. The van der Waals surface area contributed by atoms with Crippen molar-refractivity contribution in [3.05, 3.63) is 60.2 Å². The van der Waals surface area contributed by atoms with Crippen LogP contribution in [0.2, 0.25) is 0 Å². The summed E-state index contributed by atoms with van der Waals surface area (Å²) < 4.78 is 10.8. The molecule has 0 aliphatic rings. The standard InChI is InChI=1S/C20H22N2O4/c1-15(23)22-17-10-7-16(8-11-17)9-12-20(24)21-13-14-26-19-6-4-3-5-18(19)25-2/h3-12H,13-14H2,1-2H3,(H,21,24)(H,22,23)/b12-9+. The molecule has 2 amide bonds. The topological polar surface area (TPSA) is 76.7 Å². The molecule has 2 rings (SSSR count). The summed E-state index contributed by atoms with van der Waals surface area (Å²) in [5.74, 6) is 0.961. The predicted molar refractivity (Wildman–Crippen MR) is 101 cm³/mol. The minimum absolute atomic E-state index is 0.122. The summed E-state index contributed by atoms with van der Waals surface area (Å²) in [4.78, 5) is 22.8. The molecule has 6 nitrogen and oxygen atoms in total. The molecule has 0 unspecified atom stereocenters. The zero-order chi connectivity index (χ0) is 18.8. The molecule has 6 heteroatoms. The number of carbonyl (C=O) groups excluding carboxylic acids is 2. The van der Waals surface area contributed by atoms with E-state index in [0.717, 1.165) is 5.56 Å². The summed E-state index contributed by atoms with van der Waals surface area (Å²) in [6.45, 7) is 2.17. The first-order chi connectivity index (χ1) is 12.6. The van der Waals surface area contributed by atoms with Gasteiger partial charge in [0.15, 0.2) is 11.5 Å². The molecule has 2 N–H and O–H groups in total. The molecule has 0 saturated heterocycles. The number of benzene rings is 2. The van der Waals surface area contributed by atoms with Crippen molar-refractivity contribution >= 4 is 23.6 Å². The second-order valence-corrected chi connectivity index (χ2v) is 5.43. The van der Waals surface area contributed by atoms with Crippen LogP contribution in [-0.4, -0.2) is 32.1 Å². The quantitative estimate of drug-likeness (QED) is 0.564. The van der Waals surface area contributed by atoms with Crippen molar-refractivity contribution in [2.45, 2.75) is 6.92 Å². The molecule has 0 aliphatic carbocycles. The Labute approximate surface area is 152 Å². The summed E-state index contributed by atoms with van der Waals surface area (Å²) in [5, 5.41) is 5.44. The second kappa shape index (κ2) is 9.88. The first-order valence-electron chi connectivity index (χ1n) is 8.18. The molecule has 0 saturated carbocycles. The van der Waals surface area contributed by atoms with E-state index in [2.05, 4.69) is 10.6 Å². The van der Waals surface area contributed by atoms with E-state index < -0.39 is 0 Å². The Balaban J connectivity index is 1.74. The zero-order valence-corrected chi connectivity index (χ0v) is 14.8. The Morgan fingerprint density at radius 3 is 2.38 bits per heavy atom. The van der Waals surface area contributed by atoms with E-state index in [9.17, 15) is 9.59 Å². The van der Waals surface area contributed by atoms with E-state index in [1.54, 1.807) is 25.3 Å². The number of nitrogens with one attached hydrogen (secondary N) is 2. The monoisotopic (exact) mass is 354 g/mol. The van der Waals surface area contributed by atoms with Crippen LogP contribution in [0.1, 0.15) is 12.5 Å². The fourth-order valence-electron chi connectivity index (χ4n) is 2.18. The van der Waals surface area contributed by atoms with Gasteiger partial charge in [-0.3, -0.25) is 9.59 Å². The van der Waals surface area contributed by atoms with Gasteiger partial charge >= 0.3 is 0 Å². The number of carbonyl (C=O) groups is 2. The molecular weight excluding hydrogens is 332 g/mol. The van der Waals surface area contributed by atoms with E-state index in [1.807, 2.05) is 36.4 Å². The molecule has 0 aliphatic heterocycles. The van der Waals surface area contributed by atoms with Crippen molar-refractivity contribution in [2.24, 2.45) is 0 Å². The Kier molecular flexibility index (Phi) is 7.24. The van der Waals surface area contributed by atoms with Crippen molar-refractivity contribution in [1.29, 1.82) is 0 Å². The Hall–Kier alpha value is -3.28. The molecule has 136 valence electrons. The minimum Gasteiger partial charge on any atom is -0.493 e. The van der Waals surface area contributed by atoms with Gasteiger partial charge in [0.2, 0.25) is 11.8 Å². The van der Waals surface area contributed by atoms with Crippen LogP contribution in [0, 0.1) is 0 Å². The van der Waals surface area contributed by atoms with Crippen LogP contribution >= 0.6 is 0 Å². The van der Waals surface area contributed by atoms with Crippen molar-refractivity contribution in [3.63, 3.8) is 0 Å². The summed E-state index contributed by atoms with van der Waals surface area (Å²) in [7, 11) is 1.58. The second-order valence-electron chi connectivity index (χ2n) is 5.43. The maximum absolute atomic E-state index is 11.8. The van der Waals surface area contributed by atoms with Gasteiger partial charge in [0.25, 0.3) is 0 Å². The molecule has 0 fully saturated rings. The molecule has 0 atom stereocenters. The number of amides is 2. The molecule has 0 aromatic heterocycles. The molecule has 0 spiro atoms. The fourth-order valence-corrected chi connectivity index (χ4v) is 2.18. The van der Waals surface area contributed by atoms with Crippen molar-refractivity contribution < 1.29 is 19.1 Å². The third kappa shape index (κ3) is 6.32. The Morgan fingerprint density at radius 1 is 1.04 bits per heavy atom. The lowest BCUT2D eigenvalue weighted by molar-refractivity contribution is -0.116. The Bertz CT molecular complexity index is 770. The third-order valence-electron chi connectivity index (χ3n) is 3.39. The maximum atomic E-state index is 11.8. The van der Waals surface area contributed by atoms with Crippen molar-refractivity contribution in [1.82, 2.24) is 5.32 Å². The van der Waals surface area contributed by atoms with Crippen LogP contribution in [0.15, 0.2) is 54.6 Å². The highest BCUT2D eigenvalue weighted by Gasteiger charge is 2.02. The number of hydrogen-bond donors (Lipinski definition) is 2. The highest BCUT2D eigenvalue weighted by Crippen LogP contribution is 2.25. The van der Waals surface area contributed by atoms with E-state index in [0.29, 0.717) is 30.3 Å². The smallest absolute Gasteiger partial charge is 0.244 e. The van der Waals surface area contributed by atoms with Gasteiger partial charge < -0.3 is 20.1 Å². The number of hydrogen-bond acceptors (Lipinski definition) is 4. The number of para-hydroxylation sites is 2. The average molecular weight is 354 g/mol. The van der Waals surface area contributed by atoms with Crippen LogP contribution in [0.4, 0.5) is 5.69 Å². The molecule has 0 radical (unpaired) electrons. The predicted octanol–water partition coefficient (Wildman–Crippen LogP) is 2.86.